The number of benzene rings is 1. The lowest BCUT2D eigenvalue weighted by Crippen LogP contribution is -2.22. The van der Waals surface area contributed by atoms with E-state index in [2.05, 4.69) is 27.0 Å². The largest absolute Gasteiger partial charge is 0.371 e. The molecule has 1 amide bonds. The number of aryl methyl sites for hydroxylation is 1. The van der Waals surface area contributed by atoms with E-state index < -0.39 is 17.3 Å². The number of rotatable bonds is 2. The molecule has 4 heterocycles. The smallest absolute Gasteiger partial charge is 0.268 e. The average molecular weight is 407 g/mol. The molecule has 1 saturated carbocycles. The van der Waals surface area contributed by atoms with Crippen molar-refractivity contribution in [3.8, 4) is 23.2 Å². The fraction of sp³-hybridized carbons (Fsp3) is 0.333. The number of hydrogen-bond acceptors (Lipinski definition) is 6. The molecule has 0 radical (unpaired) electrons. The number of aliphatic hydroxyl groups is 1. The van der Waals surface area contributed by atoms with Crippen molar-refractivity contribution < 1.29 is 18.8 Å². The summed E-state index contributed by atoms with van der Waals surface area (Å²) < 4.78 is 21.7. The van der Waals surface area contributed by atoms with Crippen LogP contribution in [0.5, 0.6) is 0 Å². The Labute approximate surface area is 170 Å². The highest BCUT2D eigenvalue weighted by Gasteiger charge is 2.39. The number of nitrogens with two attached hydrogens (primary N) is 1. The van der Waals surface area contributed by atoms with Gasteiger partial charge in [0.05, 0.1) is 5.56 Å². The molecule has 0 unspecified atom stereocenters. The molecule has 0 saturated heterocycles. The van der Waals surface area contributed by atoms with Crippen LogP contribution in [0.25, 0.3) is 11.4 Å². The molecule has 2 aromatic heterocycles. The van der Waals surface area contributed by atoms with Crippen molar-refractivity contribution in [3.63, 3.8) is 0 Å². The molecule has 9 heteroatoms. The van der Waals surface area contributed by atoms with Crippen LogP contribution in [0.2, 0.25) is 0 Å². The summed E-state index contributed by atoms with van der Waals surface area (Å²) in [6, 6.07) is 3.29. The third kappa shape index (κ3) is 2.80. The van der Waals surface area contributed by atoms with Crippen LogP contribution in [0, 0.1) is 24.6 Å². The van der Waals surface area contributed by atoms with Crippen molar-refractivity contribution in [2.45, 2.75) is 44.2 Å². The van der Waals surface area contributed by atoms with Gasteiger partial charge in [-0.25, -0.2) is 9.37 Å². The Morgan fingerprint density at radius 2 is 2.17 bits per heavy atom. The van der Waals surface area contributed by atoms with Gasteiger partial charge in [-0.2, -0.15) is 4.98 Å². The molecule has 1 aliphatic carbocycles. The van der Waals surface area contributed by atoms with E-state index in [4.69, 9.17) is 10.3 Å². The summed E-state index contributed by atoms with van der Waals surface area (Å²) >= 11 is 0. The molecular weight excluding hydrogens is 389 g/mol. The first-order valence-electron chi connectivity index (χ1n) is 9.52. The van der Waals surface area contributed by atoms with E-state index in [-0.39, 0.29) is 29.0 Å². The van der Waals surface area contributed by atoms with Gasteiger partial charge in [-0.05, 0) is 43.4 Å². The molecule has 2 aliphatic heterocycles. The Hall–Kier alpha value is -3.51. The highest BCUT2D eigenvalue weighted by Crippen LogP contribution is 2.52. The number of hydrogen-bond donors (Lipinski definition) is 2. The van der Waals surface area contributed by atoms with Crippen molar-refractivity contribution in [3.05, 3.63) is 52.7 Å². The van der Waals surface area contributed by atoms with E-state index in [1.807, 2.05) is 4.57 Å². The van der Waals surface area contributed by atoms with Gasteiger partial charge < -0.3 is 19.9 Å². The molecule has 2 bridgehead atoms. The van der Waals surface area contributed by atoms with Crippen molar-refractivity contribution in [1.29, 1.82) is 0 Å². The predicted molar refractivity (Wildman–Crippen MR) is 103 cm³/mol. The van der Waals surface area contributed by atoms with Crippen molar-refractivity contribution in [1.82, 2.24) is 19.7 Å². The summed E-state index contributed by atoms with van der Waals surface area (Å²) in [5.74, 6) is 5.32. The Balaban J connectivity index is 1.61. The predicted octanol–water partition coefficient (Wildman–Crippen LogP) is 2.17. The highest BCUT2D eigenvalue weighted by molar-refractivity contribution is 5.91. The molecular formula is C21H18FN5O3. The van der Waals surface area contributed by atoms with E-state index in [1.165, 1.54) is 13.0 Å². The number of halogens is 1. The Kier molecular flexibility index (Phi) is 3.85. The summed E-state index contributed by atoms with van der Waals surface area (Å²) in [7, 11) is 0. The van der Waals surface area contributed by atoms with Gasteiger partial charge in [-0.1, -0.05) is 17.0 Å². The molecule has 3 aliphatic rings. The molecule has 3 N–H and O–H groups in total. The van der Waals surface area contributed by atoms with Crippen LogP contribution in [0.1, 0.15) is 65.1 Å². The monoisotopic (exact) mass is 407 g/mol. The zero-order valence-electron chi connectivity index (χ0n) is 16.3. The average Bonchev–Trinajstić information content (AvgIpc) is 3.23. The van der Waals surface area contributed by atoms with E-state index in [0.29, 0.717) is 17.3 Å². The molecule has 0 spiro atoms. The van der Waals surface area contributed by atoms with Crippen LogP contribution >= 0.6 is 0 Å². The topological polar surface area (TPSA) is 120 Å². The Morgan fingerprint density at radius 3 is 2.83 bits per heavy atom. The number of amides is 1. The fourth-order valence-corrected chi connectivity index (χ4v) is 4.02. The number of carbonyl (C=O) groups is 1. The number of aromatic nitrogens is 4. The molecule has 8 nitrogen and oxygen atoms in total. The van der Waals surface area contributed by atoms with Gasteiger partial charge in [-0.15, -0.1) is 0 Å². The summed E-state index contributed by atoms with van der Waals surface area (Å²) in [6.45, 7) is 3.01. The normalized spacial score (nSPS) is 20.7. The fourth-order valence-electron chi connectivity index (χ4n) is 4.02. The van der Waals surface area contributed by atoms with Gasteiger partial charge in [0.15, 0.2) is 5.60 Å². The molecule has 1 fully saturated rings. The molecule has 152 valence electrons. The van der Waals surface area contributed by atoms with Crippen LogP contribution in [0.15, 0.2) is 22.9 Å². The number of imidazole rings is 1. The first-order chi connectivity index (χ1) is 14.2. The molecule has 3 aromatic rings. The van der Waals surface area contributed by atoms with Gasteiger partial charge in [-0.3, -0.25) is 4.79 Å². The van der Waals surface area contributed by atoms with Crippen LogP contribution in [0.3, 0.4) is 0 Å². The molecule has 1 atom stereocenters. The lowest BCUT2D eigenvalue weighted by atomic mass is 9.75. The standard InChI is InChI=1S/C21H18FN5O3/c1-10-24-20(26-30-10)21(2,29)4-3-11-7-15-14(8-16(11)22)12-5-13(6-12)27-9-17(18(23)28)25-19(15)27/h7-9,12-13,29H,5-6H2,1-2H3,(H2,23,28)/t12?,13?,21-/m1/s1. The van der Waals surface area contributed by atoms with E-state index in [0.717, 1.165) is 18.4 Å². The van der Waals surface area contributed by atoms with Crippen LogP contribution in [-0.2, 0) is 5.60 Å². The minimum absolute atomic E-state index is 0.00475. The number of carbonyl (C=O) groups excluding carboxylic acids is 1. The second-order valence-electron chi connectivity index (χ2n) is 7.92. The van der Waals surface area contributed by atoms with Crippen LogP contribution < -0.4 is 5.73 Å². The zero-order valence-corrected chi connectivity index (χ0v) is 16.3. The van der Waals surface area contributed by atoms with E-state index >= 15 is 0 Å². The summed E-state index contributed by atoms with van der Waals surface area (Å²) in [5.41, 5.74) is 5.53. The van der Waals surface area contributed by atoms with Crippen molar-refractivity contribution >= 4 is 5.91 Å². The highest BCUT2D eigenvalue weighted by atomic mass is 19.1. The maximum absolute atomic E-state index is 14.9. The lowest BCUT2D eigenvalue weighted by Gasteiger charge is -2.34. The molecule has 6 rings (SSSR count). The SMILES string of the molecule is Cc1nc([C@](C)(O)C#Cc2cc3c(cc2F)C2CC(C2)n2cc(C(N)=O)nc2-3)no1. The second-order valence-corrected chi connectivity index (χ2v) is 7.92. The van der Waals surface area contributed by atoms with Crippen molar-refractivity contribution in [2.24, 2.45) is 5.73 Å². The summed E-state index contributed by atoms with van der Waals surface area (Å²) in [6.07, 6.45) is 3.36. The summed E-state index contributed by atoms with van der Waals surface area (Å²) in [5, 5.41) is 14.2. The molecule has 1 aromatic carbocycles. The summed E-state index contributed by atoms with van der Waals surface area (Å²) in [4.78, 5) is 20.0. The van der Waals surface area contributed by atoms with E-state index in [1.54, 1.807) is 19.2 Å². The van der Waals surface area contributed by atoms with E-state index in [9.17, 15) is 14.3 Å². The van der Waals surface area contributed by atoms with Gasteiger partial charge in [0.25, 0.3) is 5.91 Å². The van der Waals surface area contributed by atoms with Crippen molar-refractivity contribution in [2.75, 3.05) is 0 Å². The number of primary amides is 1. The van der Waals surface area contributed by atoms with Gasteiger partial charge in [0, 0.05) is 24.7 Å². The minimum Gasteiger partial charge on any atom is -0.371 e. The molecule has 30 heavy (non-hydrogen) atoms. The third-order valence-corrected chi connectivity index (χ3v) is 5.71. The maximum Gasteiger partial charge on any atom is 0.268 e. The van der Waals surface area contributed by atoms with Gasteiger partial charge >= 0.3 is 0 Å². The van der Waals surface area contributed by atoms with Crippen LogP contribution in [-0.4, -0.2) is 30.7 Å². The minimum atomic E-state index is -1.71. The van der Waals surface area contributed by atoms with Crippen LogP contribution in [0.4, 0.5) is 4.39 Å². The van der Waals surface area contributed by atoms with Gasteiger partial charge in [0.1, 0.15) is 17.3 Å². The Bertz CT molecular complexity index is 1260. The second kappa shape index (κ2) is 6.24. The first-order valence-corrected chi connectivity index (χ1v) is 9.52. The zero-order chi connectivity index (χ0) is 21.2. The first kappa shape index (κ1) is 18.5. The number of nitrogens with zero attached hydrogens (tertiary/aromatic N) is 4. The van der Waals surface area contributed by atoms with Gasteiger partial charge in [0.2, 0.25) is 11.7 Å². The quantitative estimate of drug-likeness (QED) is 0.628. The lowest BCUT2D eigenvalue weighted by molar-refractivity contribution is 0.0995. The third-order valence-electron chi connectivity index (χ3n) is 5.71. The Morgan fingerprint density at radius 1 is 1.40 bits per heavy atom. The maximum atomic E-state index is 14.9.